The summed E-state index contributed by atoms with van der Waals surface area (Å²) in [5.41, 5.74) is 4.54. The molecule has 3 aromatic carbocycles. The number of nitrogens with one attached hydrogen (secondary N) is 1. The molecule has 4 nitrogen and oxygen atoms in total. The standard InChI is InChI=1S/C24H19NO3/c1-15-6-8-17(9-7-15)10-13-22(26)25-18-11-12-19-21(14-18)28-24-16(2)4-3-5-20(24)23(19)27/h3-14H,1-2H3,(H,25,26)/b13-10+. The van der Waals surface area contributed by atoms with Crippen molar-refractivity contribution in [2.24, 2.45) is 0 Å². The Morgan fingerprint density at radius 3 is 2.54 bits per heavy atom. The maximum Gasteiger partial charge on any atom is 0.248 e. The molecular formula is C24H19NO3. The van der Waals surface area contributed by atoms with Gasteiger partial charge in [0.2, 0.25) is 11.3 Å². The fraction of sp³-hybridized carbons (Fsp3) is 0.0833. The Labute approximate surface area is 162 Å². The molecule has 4 rings (SSSR count). The average molecular weight is 369 g/mol. The Hall–Kier alpha value is -3.66. The largest absolute Gasteiger partial charge is 0.455 e. The Bertz CT molecular complexity index is 1280. The Kier molecular flexibility index (Phi) is 4.53. The predicted octanol–water partition coefficient (Wildman–Crippen LogP) is 5.21. The highest BCUT2D eigenvalue weighted by molar-refractivity contribution is 6.03. The van der Waals surface area contributed by atoms with Gasteiger partial charge in [0.05, 0.1) is 10.8 Å². The molecule has 1 N–H and O–H groups in total. The number of fused-ring (bicyclic) bond motifs is 2. The van der Waals surface area contributed by atoms with Crippen LogP contribution in [0.5, 0.6) is 0 Å². The van der Waals surface area contributed by atoms with Crippen LogP contribution in [0.25, 0.3) is 28.0 Å². The lowest BCUT2D eigenvalue weighted by Gasteiger charge is -2.06. The van der Waals surface area contributed by atoms with Crippen molar-refractivity contribution in [3.63, 3.8) is 0 Å². The predicted molar refractivity (Wildman–Crippen MR) is 114 cm³/mol. The molecule has 0 atom stereocenters. The first-order chi connectivity index (χ1) is 13.5. The van der Waals surface area contributed by atoms with E-state index in [0.29, 0.717) is 27.6 Å². The number of carbonyl (C=O) groups excluding carboxylic acids is 1. The van der Waals surface area contributed by atoms with E-state index in [2.05, 4.69) is 5.32 Å². The number of aryl methyl sites for hydroxylation is 2. The van der Waals surface area contributed by atoms with Gasteiger partial charge in [0.25, 0.3) is 0 Å². The van der Waals surface area contributed by atoms with Crippen LogP contribution in [0.15, 0.2) is 76.0 Å². The van der Waals surface area contributed by atoms with Crippen molar-refractivity contribution in [1.82, 2.24) is 0 Å². The molecule has 0 bridgehead atoms. The van der Waals surface area contributed by atoms with Crippen LogP contribution in [0, 0.1) is 13.8 Å². The fourth-order valence-electron chi connectivity index (χ4n) is 3.13. The van der Waals surface area contributed by atoms with Gasteiger partial charge in [-0.1, -0.05) is 42.0 Å². The first-order valence-electron chi connectivity index (χ1n) is 9.03. The molecule has 4 heteroatoms. The molecular weight excluding hydrogens is 350 g/mol. The van der Waals surface area contributed by atoms with Crippen molar-refractivity contribution in [2.45, 2.75) is 13.8 Å². The second-order valence-corrected chi connectivity index (χ2v) is 6.83. The van der Waals surface area contributed by atoms with E-state index in [-0.39, 0.29) is 11.3 Å². The molecule has 28 heavy (non-hydrogen) atoms. The summed E-state index contributed by atoms with van der Waals surface area (Å²) in [7, 11) is 0. The molecule has 0 aliphatic heterocycles. The zero-order valence-corrected chi connectivity index (χ0v) is 15.7. The smallest absolute Gasteiger partial charge is 0.248 e. The third kappa shape index (κ3) is 3.45. The van der Waals surface area contributed by atoms with E-state index in [1.54, 1.807) is 30.3 Å². The summed E-state index contributed by atoms with van der Waals surface area (Å²) in [6, 6.07) is 18.5. The summed E-state index contributed by atoms with van der Waals surface area (Å²) in [6.07, 6.45) is 3.24. The Morgan fingerprint density at radius 2 is 1.75 bits per heavy atom. The van der Waals surface area contributed by atoms with Crippen LogP contribution in [0.1, 0.15) is 16.7 Å². The normalized spacial score (nSPS) is 11.4. The number of hydrogen-bond donors (Lipinski definition) is 1. The first kappa shape index (κ1) is 17.7. The van der Waals surface area contributed by atoms with Gasteiger partial charge >= 0.3 is 0 Å². The van der Waals surface area contributed by atoms with Crippen LogP contribution in [0.2, 0.25) is 0 Å². The van der Waals surface area contributed by atoms with Crippen LogP contribution in [0.3, 0.4) is 0 Å². The minimum absolute atomic E-state index is 0.0721. The molecule has 0 unspecified atom stereocenters. The first-order valence-corrected chi connectivity index (χ1v) is 9.03. The van der Waals surface area contributed by atoms with Gasteiger partial charge in [-0.05, 0) is 49.2 Å². The van der Waals surface area contributed by atoms with Crippen LogP contribution in [-0.4, -0.2) is 5.91 Å². The van der Waals surface area contributed by atoms with Crippen molar-refractivity contribution in [1.29, 1.82) is 0 Å². The van der Waals surface area contributed by atoms with Crippen LogP contribution < -0.4 is 10.7 Å². The van der Waals surface area contributed by atoms with Gasteiger partial charge < -0.3 is 9.73 Å². The lowest BCUT2D eigenvalue weighted by atomic mass is 10.1. The van der Waals surface area contributed by atoms with Crippen molar-refractivity contribution in [3.8, 4) is 0 Å². The summed E-state index contributed by atoms with van der Waals surface area (Å²) >= 11 is 0. The number of anilines is 1. The van der Waals surface area contributed by atoms with E-state index in [1.807, 2.05) is 50.2 Å². The van der Waals surface area contributed by atoms with Crippen molar-refractivity contribution in [3.05, 3.63) is 93.7 Å². The van der Waals surface area contributed by atoms with Crippen molar-refractivity contribution in [2.75, 3.05) is 5.32 Å². The van der Waals surface area contributed by atoms with Crippen molar-refractivity contribution >= 4 is 39.6 Å². The van der Waals surface area contributed by atoms with E-state index in [9.17, 15) is 9.59 Å². The zero-order chi connectivity index (χ0) is 19.7. The Balaban J connectivity index is 1.63. The average Bonchev–Trinajstić information content (AvgIpc) is 2.68. The molecule has 0 aliphatic carbocycles. The maximum absolute atomic E-state index is 12.7. The summed E-state index contributed by atoms with van der Waals surface area (Å²) in [5.74, 6) is -0.251. The van der Waals surface area contributed by atoms with Crippen molar-refractivity contribution < 1.29 is 9.21 Å². The number of rotatable bonds is 3. The molecule has 0 fully saturated rings. The highest BCUT2D eigenvalue weighted by atomic mass is 16.3. The van der Waals surface area contributed by atoms with Gasteiger partial charge in [0.15, 0.2) is 0 Å². The van der Waals surface area contributed by atoms with Crippen LogP contribution >= 0.6 is 0 Å². The quantitative estimate of drug-likeness (QED) is 0.398. The van der Waals surface area contributed by atoms with Gasteiger partial charge in [-0.2, -0.15) is 0 Å². The van der Waals surface area contributed by atoms with E-state index in [4.69, 9.17) is 4.42 Å². The molecule has 0 aliphatic rings. The number of para-hydroxylation sites is 1. The summed E-state index contributed by atoms with van der Waals surface area (Å²) in [4.78, 5) is 24.9. The maximum atomic E-state index is 12.7. The van der Waals surface area contributed by atoms with Crippen LogP contribution in [-0.2, 0) is 4.79 Å². The van der Waals surface area contributed by atoms with Gasteiger partial charge in [-0.15, -0.1) is 0 Å². The number of benzene rings is 3. The highest BCUT2D eigenvalue weighted by Crippen LogP contribution is 2.23. The molecule has 1 amide bonds. The van der Waals surface area contributed by atoms with Gasteiger partial charge in [0.1, 0.15) is 11.2 Å². The molecule has 1 aromatic heterocycles. The monoisotopic (exact) mass is 369 g/mol. The summed E-state index contributed by atoms with van der Waals surface area (Å²) in [6.45, 7) is 3.92. The van der Waals surface area contributed by atoms with E-state index in [1.165, 1.54) is 11.6 Å². The lowest BCUT2D eigenvalue weighted by molar-refractivity contribution is -0.111. The van der Waals surface area contributed by atoms with Gasteiger partial charge in [-0.3, -0.25) is 9.59 Å². The number of carbonyl (C=O) groups is 1. The third-order valence-corrected chi connectivity index (χ3v) is 4.67. The second-order valence-electron chi connectivity index (χ2n) is 6.83. The lowest BCUT2D eigenvalue weighted by Crippen LogP contribution is -2.08. The molecule has 0 radical (unpaired) electrons. The SMILES string of the molecule is Cc1ccc(/C=C/C(=O)Nc2ccc3c(=O)c4cccc(C)c4oc3c2)cc1. The van der Waals surface area contributed by atoms with E-state index < -0.39 is 0 Å². The summed E-state index contributed by atoms with van der Waals surface area (Å²) in [5, 5.41) is 3.86. The number of amides is 1. The molecule has 0 spiro atoms. The minimum atomic E-state index is -0.251. The van der Waals surface area contributed by atoms with Gasteiger partial charge in [0, 0.05) is 17.8 Å². The van der Waals surface area contributed by atoms with Crippen LogP contribution in [0.4, 0.5) is 5.69 Å². The molecule has 0 saturated carbocycles. The third-order valence-electron chi connectivity index (χ3n) is 4.67. The zero-order valence-electron chi connectivity index (χ0n) is 15.7. The Morgan fingerprint density at radius 1 is 0.964 bits per heavy atom. The highest BCUT2D eigenvalue weighted by Gasteiger charge is 2.10. The summed E-state index contributed by atoms with van der Waals surface area (Å²) < 4.78 is 5.95. The molecule has 1 heterocycles. The number of hydrogen-bond acceptors (Lipinski definition) is 3. The van der Waals surface area contributed by atoms with E-state index in [0.717, 1.165) is 11.1 Å². The van der Waals surface area contributed by atoms with E-state index >= 15 is 0 Å². The molecule has 138 valence electrons. The minimum Gasteiger partial charge on any atom is -0.455 e. The topological polar surface area (TPSA) is 59.3 Å². The molecule has 0 saturated heterocycles. The second kappa shape index (κ2) is 7.16. The molecule has 4 aromatic rings. The fourth-order valence-corrected chi connectivity index (χ4v) is 3.13. The van der Waals surface area contributed by atoms with Gasteiger partial charge in [-0.25, -0.2) is 0 Å².